The lowest BCUT2D eigenvalue weighted by molar-refractivity contribution is -0.113. The number of carbonyl (C=O) groups is 1. The van der Waals surface area contributed by atoms with Gasteiger partial charge in [-0.15, -0.1) is 10.2 Å². The van der Waals surface area contributed by atoms with E-state index < -0.39 is 5.82 Å². The number of rotatable bonds is 4. The molecule has 0 saturated heterocycles. The van der Waals surface area contributed by atoms with Gasteiger partial charge >= 0.3 is 0 Å². The fourth-order valence-corrected chi connectivity index (χ4v) is 2.99. The molecule has 0 aliphatic rings. The van der Waals surface area contributed by atoms with Gasteiger partial charge in [0.05, 0.1) is 11.4 Å². The molecule has 1 aromatic carbocycles. The lowest BCUT2D eigenvalue weighted by atomic mass is 10.2. The van der Waals surface area contributed by atoms with Gasteiger partial charge in [-0.2, -0.15) is 0 Å². The number of nitrogens with zero attached hydrogens (tertiary/aromatic N) is 2. The Bertz CT molecular complexity index is 600. The van der Waals surface area contributed by atoms with Crippen LogP contribution >= 0.6 is 23.1 Å². The van der Waals surface area contributed by atoms with Gasteiger partial charge in [-0.05, 0) is 31.5 Å². The van der Waals surface area contributed by atoms with E-state index in [1.807, 2.05) is 6.92 Å². The highest BCUT2D eigenvalue weighted by molar-refractivity contribution is 8.01. The van der Waals surface area contributed by atoms with Gasteiger partial charge in [0.25, 0.3) is 0 Å². The van der Waals surface area contributed by atoms with Gasteiger partial charge in [0.15, 0.2) is 4.34 Å². The Balaban J connectivity index is 1.90. The molecule has 2 rings (SSSR count). The normalized spacial score (nSPS) is 10.5. The Morgan fingerprint density at radius 3 is 2.84 bits per heavy atom. The van der Waals surface area contributed by atoms with Crippen molar-refractivity contribution in [2.45, 2.75) is 18.2 Å². The molecule has 0 atom stereocenters. The zero-order valence-electron chi connectivity index (χ0n) is 10.4. The predicted octanol–water partition coefficient (Wildman–Crippen LogP) is 3.02. The zero-order chi connectivity index (χ0) is 13.8. The Labute approximate surface area is 118 Å². The number of hydrogen-bond donors (Lipinski definition) is 1. The molecule has 0 aliphatic heterocycles. The first-order chi connectivity index (χ1) is 9.04. The summed E-state index contributed by atoms with van der Waals surface area (Å²) in [6.45, 7) is 3.64. The zero-order valence-corrected chi connectivity index (χ0v) is 12.1. The van der Waals surface area contributed by atoms with E-state index >= 15 is 0 Å². The van der Waals surface area contributed by atoms with Crippen molar-refractivity contribution < 1.29 is 9.18 Å². The van der Waals surface area contributed by atoms with Crippen molar-refractivity contribution in [1.82, 2.24) is 10.2 Å². The molecule has 0 unspecified atom stereocenters. The Morgan fingerprint density at radius 1 is 1.42 bits per heavy atom. The number of carbonyl (C=O) groups excluding carboxylic acids is 1. The number of halogens is 1. The van der Waals surface area contributed by atoms with Crippen LogP contribution in [0.25, 0.3) is 0 Å². The van der Waals surface area contributed by atoms with Crippen LogP contribution in [0.2, 0.25) is 0 Å². The minimum absolute atomic E-state index is 0.182. The quantitative estimate of drug-likeness (QED) is 0.881. The number of thioether (sulfide) groups is 1. The number of aromatic nitrogens is 2. The van der Waals surface area contributed by atoms with E-state index in [1.54, 1.807) is 19.1 Å². The lowest BCUT2D eigenvalue weighted by Crippen LogP contribution is -2.15. The van der Waals surface area contributed by atoms with Gasteiger partial charge in [0, 0.05) is 0 Å². The average Bonchev–Trinajstić information content (AvgIpc) is 2.76. The molecule has 0 radical (unpaired) electrons. The molecule has 100 valence electrons. The highest BCUT2D eigenvalue weighted by atomic mass is 32.2. The average molecular weight is 297 g/mol. The fourth-order valence-electron chi connectivity index (χ4n) is 1.37. The molecule has 2 aromatic rings. The van der Waals surface area contributed by atoms with Crippen LogP contribution in [0.1, 0.15) is 10.6 Å². The molecule has 4 nitrogen and oxygen atoms in total. The van der Waals surface area contributed by atoms with Crippen LogP contribution < -0.4 is 5.32 Å². The van der Waals surface area contributed by atoms with Crippen LogP contribution in [0.3, 0.4) is 0 Å². The first kappa shape index (κ1) is 14.0. The Kier molecular flexibility index (Phi) is 4.49. The van der Waals surface area contributed by atoms with E-state index in [9.17, 15) is 9.18 Å². The summed E-state index contributed by atoms with van der Waals surface area (Å²) in [5.74, 6) is -0.507. The minimum Gasteiger partial charge on any atom is -0.323 e. The van der Waals surface area contributed by atoms with Crippen molar-refractivity contribution in [3.8, 4) is 0 Å². The second kappa shape index (κ2) is 6.12. The molecule has 1 N–H and O–H groups in total. The van der Waals surface area contributed by atoms with Crippen molar-refractivity contribution in [2.24, 2.45) is 0 Å². The predicted molar refractivity (Wildman–Crippen MR) is 75.1 cm³/mol. The second-order valence-electron chi connectivity index (χ2n) is 3.91. The molecule has 19 heavy (non-hydrogen) atoms. The molecule has 0 spiro atoms. The number of benzene rings is 1. The van der Waals surface area contributed by atoms with E-state index in [0.29, 0.717) is 0 Å². The SMILES string of the molecule is Cc1ccc(NC(=O)CSc2nnc(C)s2)c(F)c1. The lowest BCUT2D eigenvalue weighted by Gasteiger charge is -2.06. The van der Waals surface area contributed by atoms with Gasteiger partial charge < -0.3 is 5.32 Å². The topological polar surface area (TPSA) is 54.9 Å². The van der Waals surface area contributed by atoms with Gasteiger partial charge in [-0.25, -0.2) is 4.39 Å². The standard InChI is InChI=1S/C12H12FN3OS2/c1-7-3-4-10(9(13)5-7)14-11(17)6-18-12-16-15-8(2)19-12/h3-5H,6H2,1-2H3,(H,14,17). The molecule has 1 aromatic heterocycles. The van der Waals surface area contributed by atoms with E-state index in [1.165, 1.54) is 29.2 Å². The number of aryl methyl sites for hydroxylation is 2. The third kappa shape index (κ3) is 4.00. The van der Waals surface area contributed by atoms with Crippen LogP contribution in [0.5, 0.6) is 0 Å². The number of anilines is 1. The van der Waals surface area contributed by atoms with Crippen LogP contribution in [0.15, 0.2) is 22.5 Å². The molecule has 1 heterocycles. The number of nitrogens with one attached hydrogen (secondary N) is 1. The molecule has 7 heteroatoms. The number of hydrogen-bond acceptors (Lipinski definition) is 5. The van der Waals surface area contributed by atoms with E-state index in [0.717, 1.165) is 14.9 Å². The van der Waals surface area contributed by atoms with Crippen LogP contribution in [0, 0.1) is 19.7 Å². The summed E-state index contributed by atoms with van der Waals surface area (Å²) in [7, 11) is 0. The van der Waals surface area contributed by atoms with Gasteiger partial charge in [0.2, 0.25) is 5.91 Å². The minimum atomic E-state index is -0.426. The Morgan fingerprint density at radius 2 is 2.21 bits per heavy atom. The highest BCUT2D eigenvalue weighted by Gasteiger charge is 2.09. The van der Waals surface area contributed by atoms with E-state index in [2.05, 4.69) is 15.5 Å². The largest absolute Gasteiger partial charge is 0.323 e. The summed E-state index contributed by atoms with van der Waals surface area (Å²) in [6, 6.07) is 4.69. The third-order valence-electron chi connectivity index (χ3n) is 2.23. The maximum Gasteiger partial charge on any atom is 0.234 e. The smallest absolute Gasteiger partial charge is 0.234 e. The van der Waals surface area contributed by atoms with Crippen molar-refractivity contribution in [3.05, 3.63) is 34.6 Å². The Hall–Kier alpha value is -1.47. The van der Waals surface area contributed by atoms with Gasteiger partial charge in [-0.1, -0.05) is 29.2 Å². The monoisotopic (exact) mass is 297 g/mol. The molecule has 0 fully saturated rings. The summed E-state index contributed by atoms with van der Waals surface area (Å²) in [5, 5.41) is 11.1. The van der Waals surface area contributed by atoms with Crippen molar-refractivity contribution in [1.29, 1.82) is 0 Å². The summed E-state index contributed by atoms with van der Waals surface area (Å²) >= 11 is 2.72. The van der Waals surface area contributed by atoms with Crippen molar-refractivity contribution in [2.75, 3.05) is 11.1 Å². The summed E-state index contributed by atoms with van der Waals surface area (Å²) in [4.78, 5) is 11.7. The van der Waals surface area contributed by atoms with Gasteiger partial charge in [0.1, 0.15) is 10.8 Å². The fraction of sp³-hybridized carbons (Fsp3) is 0.250. The maximum absolute atomic E-state index is 13.5. The van der Waals surface area contributed by atoms with Crippen molar-refractivity contribution in [3.63, 3.8) is 0 Å². The van der Waals surface area contributed by atoms with Crippen molar-refractivity contribution >= 4 is 34.7 Å². The van der Waals surface area contributed by atoms with Crippen LogP contribution in [-0.4, -0.2) is 21.9 Å². The first-order valence-electron chi connectivity index (χ1n) is 5.53. The molecule has 1 amide bonds. The molecular formula is C12H12FN3OS2. The summed E-state index contributed by atoms with van der Waals surface area (Å²) < 4.78 is 14.3. The third-order valence-corrected chi connectivity index (χ3v) is 4.20. The van der Waals surface area contributed by atoms with Crippen LogP contribution in [-0.2, 0) is 4.79 Å². The summed E-state index contributed by atoms with van der Waals surface area (Å²) in [6.07, 6.45) is 0. The van der Waals surface area contributed by atoms with Crippen LogP contribution in [0.4, 0.5) is 10.1 Å². The summed E-state index contributed by atoms with van der Waals surface area (Å²) in [5.41, 5.74) is 1.01. The maximum atomic E-state index is 13.5. The first-order valence-corrected chi connectivity index (χ1v) is 7.34. The number of amides is 1. The molecule has 0 saturated carbocycles. The molecule has 0 bridgehead atoms. The molecule has 0 aliphatic carbocycles. The van der Waals surface area contributed by atoms with E-state index in [4.69, 9.17) is 0 Å². The highest BCUT2D eigenvalue weighted by Crippen LogP contribution is 2.22. The van der Waals surface area contributed by atoms with Gasteiger partial charge in [-0.3, -0.25) is 4.79 Å². The molecular weight excluding hydrogens is 285 g/mol. The second-order valence-corrected chi connectivity index (χ2v) is 6.31. The van der Waals surface area contributed by atoms with E-state index in [-0.39, 0.29) is 17.3 Å².